The Bertz CT molecular complexity index is 1320. The van der Waals surface area contributed by atoms with Gasteiger partial charge in [0.2, 0.25) is 11.7 Å². The summed E-state index contributed by atoms with van der Waals surface area (Å²) in [6.45, 7) is 0. The Morgan fingerprint density at radius 1 is 1.21 bits per heavy atom. The Morgan fingerprint density at radius 2 is 1.97 bits per heavy atom. The summed E-state index contributed by atoms with van der Waals surface area (Å²) in [4.78, 5) is 36.7. The van der Waals surface area contributed by atoms with Gasteiger partial charge in [0.1, 0.15) is 12.4 Å². The normalized spacial score (nSPS) is 27.4. The number of carbonyl (C=O) groups is 2. The molecule has 1 amide bonds. The van der Waals surface area contributed by atoms with E-state index in [1.54, 1.807) is 42.2 Å². The van der Waals surface area contributed by atoms with Gasteiger partial charge in [-0.15, -0.1) is 0 Å². The van der Waals surface area contributed by atoms with Crippen LogP contribution in [0.15, 0.2) is 30.6 Å². The van der Waals surface area contributed by atoms with Crippen molar-refractivity contribution < 1.29 is 19.8 Å². The van der Waals surface area contributed by atoms with Gasteiger partial charge in [-0.05, 0) is 24.5 Å². The number of aliphatic hydroxyl groups excluding tert-OH is 2. The number of benzene rings is 1. The molecule has 168 valence electrons. The second-order valence-corrected chi connectivity index (χ2v) is 8.32. The van der Waals surface area contributed by atoms with Gasteiger partial charge < -0.3 is 25.4 Å². The van der Waals surface area contributed by atoms with Crippen LogP contribution in [-0.2, 0) is 4.79 Å². The summed E-state index contributed by atoms with van der Waals surface area (Å²) in [5.41, 5.74) is 1.21. The summed E-state index contributed by atoms with van der Waals surface area (Å²) < 4.78 is 1.71. The molecular weight excluding hydrogens is 424 g/mol. The SMILES string of the molecule is CNC(=O)[C@]12CC1[C@@H](n1cnc3c(NC)nc(C#Cc4ccc(C=O)cc4)nc31)[C@H](O)[C@@H]2O. The van der Waals surface area contributed by atoms with Gasteiger partial charge in [-0.3, -0.25) is 9.59 Å². The molecule has 2 aliphatic carbocycles. The summed E-state index contributed by atoms with van der Waals surface area (Å²) in [5.74, 6) is 6.12. The van der Waals surface area contributed by atoms with Crippen LogP contribution in [0, 0.1) is 23.2 Å². The van der Waals surface area contributed by atoms with Crippen LogP contribution >= 0.6 is 0 Å². The first kappa shape index (κ1) is 21.1. The first-order valence-corrected chi connectivity index (χ1v) is 10.5. The molecule has 0 aliphatic heterocycles. The molecular formula is C23H22N6O4. The average molecular weight is 446 g/mol. The number of aliphatic hydroxyl groups is 2. The van der Waals surface area contributed by atoms with Gasteiger partial charge in [-0.25, -0.2) is 15.0 Å². The van der Waals surface area contributed by atoms with Crippen LogP contribution in [0.2, 0.25) is 0 Å². The predicted molar refractivity (Wildman–Crippen MR) is 118 cm³/mol. The minimum atomic E-state index is -1.18. The first-order chi connectivity index (χ1) is 15.9. The molecule has 3 aromatic rings. The second-order valence-electron chi connectivity index (χ2n) is 8.32. The van der Waals surface area contributed by atoms with E-state index >= 15 is 0 Å². The van der Waals surface area contributed by atoms with E-state index in [2.05, 4.69) is 37.4 Å². The maximum absolute atomic E-state index is 12.4. The molecule has 0 radical (unpaired) electrons. The highest BCUT2D eigenvalue weighted by Gasteiger charge is 2.75. The highest BCUT2D eigenvalue weighted by atomic mass is 16.3. The molecule has 0 saturated heterocycles. The number of nitrogens with zero attached hydrogens (tertiary/aromatic N) is 4. The number of fused-ring (bicyclic) bond motifs is 2. The monoisotopic (exact) mass is 446 g/mol. The molecule has 1 aromatic carbocycles. The van der Waals surface area contributed by atoms with E-state index in [0.717, 1.165) is 6.29 Å². The molecule has 10 heteroatoms. The molecule has 2 fully saturated rings. The van der Waals surface area contributed by atoms with Crippen molar-refractivity contribution >= 4 is 29.2 Å². The fourth-order valence-electron chi connectivity index (χ4n) is 4.92. The standard InChI is InChI=1S/C23H22N6O4/c1-24-20-16-21(28-15(27-20)8-7-12-3-5-13(10-30)6-4-12)29(11-26-16)17-14-9-23(14,22(33)25-2)19(32)18(17)31/h3-6,10-11,14,17-19,31-32H,9H2,1-2H3,(H,25,33)(H,24,27,28)/t14?,17-,18+,19+,23-/m1/s1. The molecule has 2 aromatic heterocycles. The molecule has 0 bridgehead atoms. The van der Waals surface area contributed by atoms with Crippen LogP contribution < -0.4 is 10.6 Å². The van der Waals surface area contributed by atoms with Crippen LogP contribution in [0.3, 0.4) is 0 Å². The van der Waals surface area contributed by atoms with Crippen molar-refractivity contribution in [3.05, 3.63) is 47.5 Å². The Morgan fingerprint density at radius 3 is 2.64 bits per heavy atom. The first-order valence-electron chi connectivity index (χ1n) is 10.5. The minimum absolute atomic E-state index is 0.237. The number of amides is 1. The second kappa shape index (κ2) is 7.65. The van der Waals surface area contributed by atoms with Crippen molar-refractivity contribution in [1.29, 1.82) is 0 Å². The number of anilines is 1. The predicted octanol–water partition coefficient (Wildman–Crippen LogP) is 0.109. The average Bonchev–Trinajstić information content (AvgIpc) is 3.38. The van der Waals surface area contributed by atoms with Gasteiger partial charge >= 0.3 is 0 Å². The number of rotatable bonds is 4. The molecule has 0 spiro atoms. The zero-order chi connectivity index (χ0) is 23.3. The summed E-state index contributed by atoms with van der Waals surface area (Å²) >= 11 is 0. The summed E-state index contributed by atoms with van der Waals surface area (Å²) in [6, 6.07) is 6.27. The van der Waals surface area contributed by atoms with E-state index in [1.807, 2.05) is 0 Å². The number of imidazole rings is 1. The number of aromatic nitrogens is 4. The van der Waals surface area contributed by atoms with E-state index in [0.29, 0.717) is 34.5 Å². The molecule has 5 atom stereocenters. The third-order valence-corrected chi connectivity index (χ3v) is 6.67. The molecule has 2 saturated carbocycles. The Balaban J connectivity index is 1.55. The van der Waals surface area contributed by atoms with Crippen molar-refractivity contribution in [1.82, 2.24) is 24.8 Å². The third kappa shape index (κ3) is 3.08. The lowest BCUT2D eigenvalue weighted by atomic mass is 9.98. The smallest absolute Gasteiger partial charge is 0.229 e. The number of hydrogen-bond donors (Lipinski definition) is 4. The van der Waals surface area contributed by atoms with E-state index in [9.17, 15) is 19.8 Å². The Hall–Kier alpha value is -3.81. The number of nitrogens with one attached hydrogen (secondary N) is 2. The van der Waals surface area contributed by atoms with Crippen LogP contribution in [0.5, 0.6) is 0 Å². The lowest BCUT2D eigenvalue weighted by molar-refractivity contribution is -0.132. The van der Waals surface area contributed by atoms with E-state index in [1.165, 1.54) is 7.05 Å². The molecule has 33 heavy (non-hydrogen) atoms. The maximum Gasteiger partial charge on any atom is 0.229 e. The molecule has 5 rings (SSSR count). The van der Waals surface area contributed by atoms with Crippen molar-refractivity contribution in [3.8, 4) is 11.8 Å². The number of carbonyl (C=O) groups excluding carboxylic acids is 2. The number of hydrogen-bond acceptors (Lipinski definition) is 8. The van der Waals surface area contributed by atoms with Crippen LogP contribution in [0.4, 0.5) is 5.82 Å². The molecule has 4 N–H and O–H groups in total. The largest absolute Gasteiger partial charge is 0.389 e. The van der Waals surface area contributed by atoms with Gasteiger partial charge in [-0.2, -0.15) is 0 Å². The highest BCUT2D eigenvalue weighted by molar-refractivity contribution is 5.88. The maximum atomic E-state index is 12.4. The summed E-state index contributed by atoms with van der Waals surface area (Å²) in [7, 11) is 3.23. The Kier molecular flexibility index (Phi) is 4.88. The summed E-state index contributed by atoms with van der Waals surface area (Å²) in [6.07, 6.45) is 0.472. The molecule has 10 nitrogen and oxygen atoms in total. The fraction of sp³-hybridized carbons (Fsp3) is 0.348. The van der Waals surface area contributed by atoms with Gasteiger partial charge in [0.25, 0.3) is 0 Å². The molecule has 2 heterocycles. The van der Waals surface area contributed by atoms with Crippen molar-refractivity contribution in [2.75, 3.05) is 19.4 Å². The summed E-state index contributed by atoms with van der Waals surface area (Å²) in [5, 5.41) is 27.1. The van der Waals surface area contributed by atoms with Gasteiger partial charge in [0, 0.05) is 31.1 Å². The quantitative estimate of drug-likeness (QED) is 0.327. The van der Waals surface area contributed by atoms with Crippen LogP contribution in [0.25, 0.3) is 11.2 Å². The van der Waals surface area contributed by atoms with Crippen molar-refractivity contribution in [2.24, 2.45) is 11.3 Å². The fourth-order valence-corrected chi connectivity index (χ4v) is 4.92. The lowest BCUT2D eigenvalue weighted by Crippen LogP contribution is -2.41. The van der Waals surface area contributed by atoms with Crippen LogP contribution in [-0.4, -0.2) is 68.2 Å². The highest BCUT2D eigenvalue weighted by Crippen LogP contribution is 2.67. The van der Waals surface area contributed by atoms with Gasteiger partial charge in [-0.1, -0.05) is 18.1 Å². The van der Waals surface area contributed by atoms with E-state index in [4.69, 9.17) is 0 Å². The van der Waals surface area contributed by atoms with Crippen molar-refractivity contribution in [2.45, 2.75) is 24.7 Å². The molecule has 2 aliphatic rings. The molecule has 1 unspecified atom stereocenters. The zero-order valence-electron chi connectivity index (χ0n) is 18.0. The van der Waals surface area contributed by atoms with E-state index in [-0.39, 0.29) is 17.6 Å². The number of aldehydes is 1. The Labute approximate surface area is 189 Å². The van der Waals surface area contributed by atoms with Crippen molar-refractivity contribution in [3.63, 3.8) is 0 Å². The van der Waals surface area contributed by atoms with Crippen LogP contribution in [0.1, 0.15) is 34.2 Å². The minimum Gasteiger partial charge on any atom is -0.389 e. The van der Waals surface area contributed by atoms with Gasteiger partial charge in [0.05, 0.1) is 23.9 Å². The third-order valence-electron chi connectivity index (χ3n) is 6.67. The zero-order valence-corrected chi connectivity index (χ0v) is 18.0. The van der Waals surface area contributed by atoms with E-state index < -0.39 is 23.7 Å². The lowest BCUT2D eigenvalue weighted by Gasteiger charge is -2.23. The topological polar surface area (TPSA) is 142 Å². The van der Waals surface area contributed by atoms with Gasteiger partial charge in [0.15, 0.2) is 17.0 Å².